The lowest BCUT2D eigenvalue weighted by atomic mass is 10.2. The third-order valence-corrected chi connectivity index (χ3v) is 2.11. The number of carbonyl (C=O) groups excluding carboxylic acids is 1. The molecule has 1 atom stereocenters. The normalized spacial score (nSPS) is 22.0. The van der Waals surface area contributed by atoms with Gasteiger partial charge in [-0.2, -0.15) is 0 Å². The molecule has 0 aromatic heterocycles. The molecule has 5 heteroatoms. The summed E-state index contributed by atoms with van der Waals surface area (Å²) in [6.07, 6.45) is 0.702. The summed E-state index contributed by atoms with van der Waals surface area (Å²) in [7, 11) is 2.05. The Kier molecular flexibility index (Phi) is 5.38. The summed E-state index contributed by atoms with van der Waals surface area (Å²) in [5, 5.41) is 2.86. The summed E-state index contributed by atoms with van der Waals surface area (Å²) in [6.45, 7) is 7.56. The quantitative estimate of drug-likeness (QED) is 0.753. The van der Waals surface area contributed by atoms with Crippen LogP contribution >= 0.6 is 12.4 Å². The molecule has 0 radical (unpaired) electrons. The summed E-state index contributed by atoms with van der Waals surface area (Å²) in [4.78, 5) is 13.6. The minimum Gasteiger partial charge on any atom is -0.444 e. The van der Waals surface area contributed by atoms with Crippen molar-refractivity contribution in [3.05, 3.63) is 0 Å². The smallest absolute Gasteiger partial charge is 0.407 e. The number of amides is 1. The second kappa shape index (κ2) is 5.56. The molecular weight excluding hydrogens is 216 g/mol. The molecule has 0 aromatic carbocycles. The highest BCUT2D eigenvalue weighted by Gasteiger charge is 2.23. The van der Waals surface area contributed by atoms with Gasteiger partial charge in [0.15, 0.2) is 0 Å². The lowest BCUT2D eigenvalue weighted by molar-refractivity contribution is 0.0506. The lowest BCUT2D eigenvalue weighted by Gasteiger charge is -2.21. The number of carbonyl (C=O) groups is 1. The Morgan fingerprint density at radius 3 is 2.47 bits per heavy atom. The molecule has 4 nitrogen and oxygen atoms in total. The van der Waals surface area contributed by atoms with E-state index in [1.165, 1.54) is 0 Å². The highest BCUT2D eigenvalue weighted by Crippen LogP contribution is 2.09. The average molecular weight is 237 g/mol. The van der Waals surface area contributed by atoms with Gasteiger partial charge in [0, 0.05) is 12.6 Å². The van der Waals surface area contributed by atoms with E-state index in [4.69, 9.17) is 4.74 Å². The summed E-state index contributed by atoms with van der Waals surface area (Å²) >= 11 is 0. The van der Waals surface area contributed by atoms with Crippen LogP contribution in [0.1, 0.15) is 27.2 Å². The van der Waals surface area contributed by atoms with Crippen LogP contribution in [0.15, 0.2) is 0 Å². The second-order valence-corrected chi connectivity index (χ2v) is 4.89. The Morgan fingerprint density at radius 1 is 1.47 bits per heavy atom. The zero-order valence-electron chi connectivity index (χ0n) is 9.87. The second-order valence-electron chi connectivity index (χ2n) is 4.89. The SMILES string of the molecule is CN1CC[C@@H](NC(=O)OC(C)(C)C)C1.Cl. The number of nitrogens with one attached hydrogen (secondary N) is 1. The number of ether oxygens (including phenoxy) is 1. The van der Waals surface area contributed by atoms with E-state index in [0.717, 1.165) is 19.5 Å². The molecule has 0 unspecified atom stereocenters. The molecule has 1 fully saturated rings. The van der Waals surface area contributed by atoms with E-state index in [-0.39, 0.29) is 24.5 Å². The molecule has 1 rings (SSSR count). The summed E-state index contributed by atoms with van der Waals surface area (Å²) in [5.74, 6) is 0. The summed E-state index contributed by atoms with van der Waals surface area (Å²) in [6, 6.07) is 0.245. The Morgan fingerprint density at radius 2 is 2.07 bits per heavy atom. The van der Waals surface area contributed by atoms with Crippen LogP contribution in [0.3, 0.4) is 0 Å². The molecule has 0 aromatic rings. The molecule has 0 saturated carbocycles. The fourth-order valence-electron chi connectivity index (χ4n) is 1.53. The van der Waals surface area contributed by atoms with E-state index in [0.29, 0.717) is 0 Å². The third kappa shape index (κ3) is 5.85. The van der Waals surface area contributed by atoms with Crippen molar-refractivity contribution in [1.29, 1.82) is 0 Å². The fourth-order valence-corrected chi connectivity index (χ4v) is 1.53. The van der Waals surface area contributed by atoms with Gasteiger partial charge in [0.25, 0.3) is 0 Å². The van der Waals surface area contributed by atoms with Gasteiger partial charge in [-0.15, -0.1) is 12.4 Å². The highest BCUT2D eigenvalue weighted by atomic mass is 35.5. The van der Waals surface area contributed by atoms with Crippen LogP contribution < -0.4 is 5.32 Å². The van der Waals surface area contributed by atoms with Crippen molar-refractivity contribution in [3.63, 3.8) is 0 Å². The molecule has 1 aliphatic rings. The zero-order valence-corrected chi connectivity index (χ0v) is 10.7. The number of hydrogen-bond acceptors (Lipinski definition) is 3. The molecular formula is C10H21ClN2O2. The minimum absolute atomic E-state index is 0. The Hall–Kier alpha value is -0.480. The monoisotopic (exact) mass is 236 g/mol. The first-order chi connectivity index (χ1) is 6.37. The van der Waals surface area contributed by atoms with Crippen LogP contribution in [-0.2, 0) is 4.74 Å². The summed E-state index contributed by atoms with van der Waals surface area (Å²) in [5.41, 5.74) is -0.408. The molecule has 1 N–H and O–H groups in total. The molecule has 0 bridgehead atoms. The predicted molar refractivity (Wildman–Crippen MR) is 62.5 cm³/mol. The molecule has 0 spiro atoms. The minimum atomic E-state index is -0.408. The Bertz CT molecular complexity index is 216. The van der Waals surface area contributed by atoms with E-state index >= 15 is 0 Å². The van der Waals surface area contributed by atoms with Crippen molar-refractivity contribution in [2.45, 2.75) is 38.8 Å². The molecule has 1 aliphatic heterocycles. The van der Waals surface area contributed by atoms with E-state index in [9.17, 15) is 4.79 Å². The number of rotatable bonds is 1. The highest BCUT2D eigenvalue weighted by molar-refractivity contribution is 5.85. The van der Waals surface area contributed by atoms with E-state index in [2.05, 4.69) is 17.3 Å². The first-order valence-electron chi connectivity index (χ1n) is 5.05. The fraction of sp³-hybridized carbons (Fsp3) is 0.900. The van der Waals surface area contributed by atoms with Crippen LogP contribution in [0.25, 0.3) is 0 Å². The van der Waals surface area contributed by atoms with E-state index in [1.54, 1.807) is 0 Å². The van der Waals surface area contributed by atoms with Crippen molar-refractivity contribution in [2.24, 2.45) is 0 Å². The van der Waals surface area contributed by atoms with Crippen molar-refractivity contribution in [2.75, 3.05) is 20.1 Å². The first-order valence-corrected chi connectivity index (χ1v) is 5.05. The van der Waals surface area contributed by atoms with Gasteiger partial charge in [0.2, 0.25) is 0 Å². The van der Waals surface area contributed by atoms with Crippen molar-refractivity contribution >= 4 is 18.5 Å². The topological polar surface area (TPSA) is 41.6 Å². The number of likely N-dealkylation sites (N-methyl/N-ethyl adjacent to an activating group) is 1. The van der Waals surface area contributed by atoms with Crippen molar-refractivity contribution < 1.29 is 9.53 Å². The Balaban J connectivity index is 0.00000196. The van der Waals surface area contributed by atoms with Gasteiger partial charge < -0.3 is 15.0 Å². The standard InChI is InChI=1S/C10H20N2O2.ClH/c1-10(2,3)14-9(13)11-8-5-6-12(4)7-8;/h8H,5-7H2,1-4H3,(H,11,13);1H/t8-;/m1./s1. The maximum absolute atomic E-state index is 11.4. The van der Waals surface area contributed by atoms with Gasteiger partial charge in [-0.3, -0.25) is 0 Å². The molecule has 1 heterocycles. The molecule has 0 aliphatic carbocycles. The molecule has 15 heavy (non-hydrogen) atoms. The molecule has 1 saturated heterocycles. The largest absolute Gasteiger partial charge is 0.444 e. The van der Waals surface area contributed by atoms with E-state index < -0.39 is 5.60 Å². The number of likely N-dealkylation sites (tertiary alicyclic amines) is 1. The van der Waals surface area contributed by atoms with E-state index in [1.807, 2.05) is 20.8 Å². The van der Waals surface area contributed by atoms with Gasteiger partial charge in [0.05, 0.1) is 0 Å². The van der Waals surface area contributed by atoms with Gasteiger partial charge in [0.1, 0.15) is 5.60 Å². The zero-order chi connectivity index (χ0) is 10.8. The van der Waals surface area contributed by atoms with Gasteiger partial charge in [-0.05, 0) is 40.8 Å². The van der Waals surface area contributed by atoms with Crippen LogP contribution in [0.5, 0.6) is 0 Å². The lowest BCUT2D eigenvalue weighted by Crippen LogP contribution is -2.40. The van der Waals surface area contributed by atoms with Crippen LogP contribution in [0.2, 0.25) is 0 Å². The van der Waals surface area contributed by atoms with Crippen LogP contribution in [-0.4, -0.2) is 42.8 Å². The molecule has 90 valence electrons. The number of halogens is 1. The van der Waals surface area contributed by atoms with Crippen LogP contribution in [0, 0.1) is 0 Å². The number of nitrogens with zero attached hydrogens (tertiary/aromatic N) is 1. The van der Waals surface area contributed by atoms with Gasteiger partial charge in [-0.1, -0.05) is 0 Å². The Labute approximate surface area is 97.8 Å². The first kappa shape index (κ1) is 14.5. The molecule has 1 amide bonds. The van der Waals surface area contributed by atoms with Crippen molar-refractivity contribution in [3.8, 4) is 0 Å². The number of hydrogen-bond donors (Lipinski definition) is 1. The van der Waals surface area contributed by atoms with Gasteiger partial charge in [-0.25, -0.2) is 4.79 Å². The number of alkyl carbamates (subject to hydrolysis) is 1. The van der Waals surface area contributed by atoms with Crippen molar-refractivity contribution in [1.82, 2.24) is 10.2 Å². The van der Waals surface area contributed by atoms with Gasteiger partial charge >= 0.3 is 6.09 Å². The maximum Gasteiger partial charge on any atom is 0.407 e. The third-order valence-electron chi connectivity index (χ3n) is 2.11. The van der Waals surface area contributed by atoms with Crippen LogP contribution in [0.4, 0.5) is 4.79 Å². The average Bonchev–Trinajstić information content (AvgIpc) is 2.30. The summed E-state index contributed by atoms with van der Waals surface area (Å²) < 4.78 is 5.17. The maximum atomic E-state index is 11.4. The predicted octanol–water partition coefficient (Wildman–Crippen LogP) is 1.64.